The fraction of sp³-hybridized carbons (Fsp3) is 0.273. The smallest absolute Gasteiger partial charge is 0.449 e. The van der Waals surface area contributed by atoms with Crippen molar-refractivity contribution in [3.05, 3.63) is 29.8 Å². The minimum atomic E-state index is -4.80. The van der Waals surface area contributed by atoms with Gasteiger partial charge in [-0.15, -0.1) is 13.2 Å². The van der Waals surface area contributed by atoms with Crippen LogP contribution in [0.2, 0.25) is 0 Å². The van der Waals surface area contributed by atoms with Crippen molar-refractivity contribution in [2.45, 2.75) is 13.3 Å². The molecule has 0 atom stereocenters. The Morgan fingerprint density at radius 3 is 2.25 bits per heavy atom. The van der Waals surface area contributed by atoms with Crippen LogP contribution in [0.15, 0.2) is 24.3 Å². The van der Waals surface area contributed by atoms with Crippen LogP contribution in [0, 0.1) is 0 Å². The molecular weight excluding hydrogens is 281 g/mol. The number of carbonyl (C=O) groups excluding carboxylic acids is 2. The molecule has 20 heavy (non-hydrogen) atoms. The maximum atomic E-state index is 11.9. The van der Waals surface area contributed by atoms with Crippen LogP contribution in [-0.4, -0.2) is 25.0 Å². The Bertz CT molecular complexity index is 474. The second kappa shape index (κ2) is 6.64. The predicted molar refractivity (Wildman–Crippen MR) is 60.7 cm³/mol. The van der Waals surface area contributed by atoms with E-state index < -0.39 is 24.1 Å². The molecule has 1 aromatic rings. The fourth-order valence-electron chi connectivity index (χ4n) is 1.16. The second-order valence-electron chi connectivity index (χ2n) is 3.37. The molecule has 0 fully saturated rings. The number of amides is 2. The van der Waals surface area contributed by atoms with E-state index in [4.69, 9.17) is 0 Å². The molecule has 0 spiro atoms. The molecule has 1 rings (SSSR count). The third-order valence-electron chi connectivity index (χ3n) is 1.90. The number of halogens is 3. The highest BCUT2D eigenvalue weighted by molar-refractivity contribution is 5.95. The van der Waals surface area contributed by atoms with Gasteiger partial charge in [0.05, 0.1) is 6.61 Å². The van der Waals surface area contributed by atoms with Crippen LogP contribution < -0.4 is 15.6 Å². The Kier molecular flexibility index (Phi) is 5.18. The summed E-state index contributed by atoms with van der Waals surface area (Å²) in [4.78, 5) is 22.4. The van der Waals surface area contributed by atoms with Crippen LogP contribution in [0.4, 0.5) is 18.0 Å². The highest BCUT2D eigenvalue weighted by Gasteiger charge is 2.31. The number of nitrogens with one attached hydrogen (secondary N) is 2. The van der Waals surface area contributed by atoms with Gasteiger partial charge in [-0.25, -0.2) is 10.2 Å². The van der Waals surface area contributed by atoms with Crippen molar-refractivity contribution in [1.82, 2.24) is 10.9 Å². The average molecular weight is 292 g/mol. The summed E-state index contributed by atoms with van der Waals surface area (Å²) < 4.78 is 43.9. The SMILES string of the molecule is CCOC(=O)NNC(=O)c1ccc(OC(F)(F)F)cc1. The third kappa shape index (κ3) is 5.46. The van der Waals surface area contributed by atoms with Gasteiger partial charge in [0, 0.05) is 5.56 Å². The van der Waals surface area contributed by atoms with Crippen molar-refractivity contribution in [3.8, 4) is 5.75 Å². The molecule has 0 radical (unpaired) electrons. The van der Waals surface area contributed by atoms with Gasteiger partial charge in [-0.2, -0.15) is 0 Å². The summed E-state index contributed by atoms with van der Waals surface area (Å²) in [6.07, 6.45) is -5.65. The van der Waals surface area contributed by atoms with Gasteiger partial charge in [0.15, 0.2) is 0 Å². The zero-order valence-corrected chi connectivity index (χ0v) is 10.3. The molecule has 0 aliphatic heterocycles. The molecule has 0 bridgehead atoms. The topological polar surface area (TPSA) is 76.7 Å². The number of ether oxygens (including phenoxy) is 2. The highest BCUT2D eigenvalue weighted by Crippen LogP contribution is 2.22. The first-order valence-corrected chi connectivity index (χ1v) is 5.40. The van der Waals surface area contributed by atoms with Gasteiger partial charge < -0.3 is 9.47 Å². The lowest BCUT2D eigenvalue weighted by molar-refractivity contribution is -0.274. The molecule has 0 unspecified atom stereocenters. The molecule has 0 aromatic heterocycles. The van der Waals surface area contributed by atoms with Crippen molar-refractivity contribution >= 4 is 12.0 Å². The van der Waals surface area contributed by atoms with E-state index in [1.807, 2.05) is 10.9 Å². The zero-order valence-electron chi connectivity index (χ0n) is 10.3. The van der Waals surface area contributed by atoms with Crippen LogP contribution >= 0.6 is 0 Å². The van der Waals surface area contributed by atoms with E-state index in [0.29, 0.717) is 0 Å². The monoisotopic (exact) mass is 292 g/mol. The first-order chi connectivity index (χ1) is 9.31. The van der Waals surface area contributed by atoms with Crippen LogP contribution in [0.25, 0.3) is 0 Å². The van der Waals surface area contributed by atoms with E-state index in [1.165, 1.54) is 0 Å². The number of hydrazine groups is 1. The summed E-state index contributed by atoms with van der Waals surface area (Å²) in [7, 11) is 0. The standard InChI is InChI=1S/C11H11F3N2O4/c1-2-19-10(18)16-15-9(17)7-3-5-8(6-4-7)20-11(12,13)14/h3-6H,2H2,1H3,(H,15,17)(H,16,18). The Morgan fingerprint density at radius 1 is 1.15 bits per heavy atom. The maximum Gasteiger partial charge on any atom is 0.573 e. The number of carbonyl (C=O) groups is 2. The predicted octanol–water partition coefficient (Wildman–Crippen LogP) is 1.98. The molecule has 2 N–H and O–H groups in total. The summed E-state index contributed by atoms with van der Waals surface area (Å²) in [6.45, 7) is 1.71. The first kappa shape index (κ1) is 15.6. The summed E-state index contributed by atoms with van der Waals surface area (Å²) in [5.41, 5.74) is 4.03. The molecule has 0 heterocycles. The lowest BCUT2D eigenvalue weighted by atomic mass is 10.2. The molecule has 0 aliphatic carbocycles. The van der Waals surface area contributed by atoms with E-state index >= 15 is 0 Å². The van der Waals surface area contributed by atoms with Gasteiger partial charge in [0.25, 0.3) is 5.91 Å². The lowest BCUT2D eigenvalue weighted by Gasteiger charge is -2.10. The molecule has 6 nitrogen and oxygen atoms in total. The Morgan fingerprint density at radius 2 is 1.75 bits per heavy atom. The number of hydrogen-bond donors (Lipinski definition) is 2. The first-order valence-electron chi connectivity index (χ1n) is 5.40. The molecule has 1 aromatic carbocycles. The number of hydrogen-bond acceptors (Lipinski definition) is 4. The van der Waals surface area contributed by atoms with Gasteiger partial charge >= 0.3 is 12.5 Å². The highest BCUT2D eigenvalue weighted by atomic mass is 19.4. The van der Waals surface area contributed by atoms with Crippen molar-refractivity contribution in [1.29, 1.82) is 0 Å². The second-order valence-corrected chi connectivity index (χ2v) is 3.37. The number of alkyl halides is 3. The maximum absolute atomic E-state index is 11.9. The Hall–Kier alpha value is -2.45. The Balaban J connectivity index is 2.55. The summed E-state index contributed by atoms with van der Waals surface area (Å²) in [5.74, 6) is -1.16. The van der Waals surface area contributed by atoms with Crippen LogP contribution in [0.3, 0.4) is 0 Å². The van der Waals surface area contributed by atoms with Gasteiger partial charge in [0.2, 0.25) is 0 Å². The zero-order chi connectivity index (χ0) is 15.2. The number of rotatable bonds is 3. The average Bonchev–Trinajstić information content (AvgIpc) is 2.35. The van der Waals surface area contributed by atoms with Crippen molar-refractivity contribution in [2.75, 3.05) is 6.61 Å². The molecule has 0 saturated carbocycles. The molecule has 9 heteroatoms. The van der Waals surface area contributed by atoms with Crippen molar-refractivity contribution in [2.24, 2.45) is 0 Å². The largest absolute Gasteiger partial charge is 0.573 e. The Labute approximate surface area is 111 Å². The van der Waals surface area contributed by atoms with Crippen molar-refractivity contribution < 1.29 is 32.2 Å². The van der Waals surface area contributed by atoms with E-state index in [9.17, 15) is 22.8 Å². The van der Waals surface area contributed by atoms with Gasteiger partial charge in [-0.1, -0.05) is 0 Å². The minimum Gasteiger partial charge on any atom is -0.449 e. The molecular formula is C11H11F3N2O4. The van der Waals surface area contributed by atoms with Crippen molar-refractivity contribution in [3.63, 3.8) is 0 Å². The molecule has 2 amide bonds. The normalized spacial score (nSPS) is 10.6. The molecule has 0 saturated heterocycles. The van der Waals surface area contributed by atoms with E-state index in [2.05, 4.69) is 9.47 Å². The molecule has 0 aliphatic rings. The van der Waals surface area contributed by atoms with Crippen LogP contribution in [0.1, 0.15) is 17.3 Å². The quantitative estimate of drug-likeness (QED) is 0.835. The third-order valence-corrected chi connectivity index (χ3v) is 1.90. The summed E-state index contributed by atoms with van der Waals surface area (Å²) >= 11 is 0. The van der Waals surface area contributed by atoms with Gasteiger partial charge in [-0.3, -0.25) is 10.2 Å². The van der Waals surface area contributed by atoms with Gasteiger partial charge in [-0.05, 0) is 31.2 Å². The van der Waals surface area contributed by atoms with E-state index in [0.717, 1.165) is 24.3 Å². The van der Waals surface area contributed by atoms with E-state index in [-0.39, 0.29) is 12.2 Å². The lowest BCUT2D eigenvalue weighted by Crippen LogP contribution is -2.41. The van der Waals surface area contributed by atoms with Crippen LogP contribution in [0.5, 0.6) is 5.75 Å². The minimum absolute atomic E-state index is 0.0383. The van der Waals surface area contributed by atoms with Gasteiger partial charge in [0.1, 0.15) is 5.75 Å². The van der Waals surface area contributed by atoms with E-state index in [1.54, 1.807) is 6.92 Å². The van der Waals surface area contributed by atoms with Crippen LogP contribution in [-0.2, 0) is 4.74 Å². The summed E-state index contributed by atoms with van der Waals surface area (Å²) in [5, 5.41) is 0. The molecule has 110 valence electrons. The summed E-state index contributed by atoms with van der Waals surface area (Å²) in [6, 6.07) is 4.19. The fourth-order valence-corrected chi connectivity index (χ4v) is 1.16. The number of benzene rings is 1.